The SMILES string of the molecule is COc1cc(Nc2cnc3cc(-c4nnc(C5CCCC5)s4)c(N)nc3c2)cc(OC)c1OC. The summed E-state index contributed by atoms with van der Waals surface area (Å²) in [4.78, 5) is 9.20. The number of nitrogens with one attached hydrogen (secondary N) is 1. The number of ether oxygens (including phenoxy) is 3. The molecule has 3 heterocycles. The number of hydrogen-bond acceptors (Lipinski definition) is 10. The highest BCUT2D eigenvalue weighted by Gasteiger charge is 2.22. The average Bonchev–Trinajstić information content (AvgIpc) is 3.55. The number of methoxy groups -OCH3 is 3. The summed E-state index contributed by atoms with van der Waals surface area (Å²) in [6, 6.07) is 7.48. The molecule has 0 saturated heterocycles. The molecule has 3 aromatic heterocycles. The van der Waals surface area contributed by atoms with E-state index in [0.717, 1.165) is 32.5 Å². The Bertz CT molecular complexity index is 1310. The van der Waals surface area contributed by atoms with Gasteiger partial charge in [0.2, 0.25) is 5.75 Å². The van der Waals surface area contributed by atoms with Crippen molar-refractivity contribution in [3.8, 4) is 27.8 Å². The van der Waals surface area contributed by atoms with E-state index >= 15 is 0 Å². The van der Waals surface area contributed by atoms with Crippen LogP contribution in [0.4, 0.5) is 17.2 Å². The Balaban J connectivity index is 1.44. The van der Waals surface area contributed by atoms with Gasteiger partial charge >= 0.3 is 0 Å². The quantitative estimate of drug-likeness (QED) is 0.371. The second kappa shape index (κ2) is 9.30. The first kappa shape index (κ1) is 22.1. The Hall–Kier alpha value is -3.66. The first-order chi connectivity index (χ1) is 16.6. The standard InChI is InChI=1S/C24H26N6O3S/c1-31-19-9-14(10-20(32-2)21(19)33-3)27-15-8-18-17(26-12-15)11-16(22(25)28-18)24-30-29-23(34-24)13-6-4-5-7-13/h8-13,27H,4-7H2,1-3H3,(H2,25,28). The molecular weight excluding hydrogens is 452 g/mol. The first-order valence-corrected chi connectivity index (χ1v) is 11.9. The van der Waals surface area contributed by atoms with Gasteiger partial charge in [0.1, 0.15) is 10.8 Å². The molecule has 10 heteroatoms. The molecule has 1 saturated carbocycles. The van der Waals surface area contributed by atoms with Gasteiger partial charge in [-0.3, -0.25) is 4.98 Å². The molecule has 4 aromatic rings. The Morgan fingerprint density at radius 2 is 1.65 bits per heavy atom. The second-order valence-electron chi connectivity index (χ2n) is 8.15. The van der Waals surface area contributed by atoms with Crippen molar-refractivity contribution in [1.29, 1.82) is 0 Å². The van der Waals surface area contributed by atoms with Crippen LogP contribution in [0.3, 0.4) is 0 Å². The maximum absolute atomic E-state index is 6.32. The lowest BCUT2D eigenvalue weighted by molar-refractivity contribution is 0.324. The van der Waals surface area contributed by atoms with Crippen LogP contribution in [-0.4, -0.2) is 41.5 Å². The minimum Gasteiger partial charge on any atom is -0.493 e. The maximum atomic E-state index is 6.32. The Labute approximate surface area is 201 Å². The van der Waals surface area contributed by atoms with E-state index in [4.69, 9.17) is 19.9 Å². The molecule has 1 aliphatic carbocycles. The topological polar surface area (TPSA) is 117 Å². The molecule has 0 spiro atoms. The number of nitrogens with zero attached hydrogens (tertiary/aromatic N) is 4. The Kier molecular flexibility index (Phi) is 6.06. The molecule has 1 fully saturated rings. The minimum atomic E-state index is 0.411. The number of benzene rings is 1. The number of pyridine rings is 2. The number of rotatable bonds is 7. The van der Waals surface area contributed by atoms with Crippen LogP contribution in [0.25, 0.3) is 21.6 Å². The lowest BCUT2D eigenvalue weighted by Crippen LogP contribution is -1.99. The summed E-state index contributed by atoms with van der Waals surface area (Å²) in [5, 5.41) is 14.0. The summed E-state index contributed by atoms with van der Waals surface area (Å²) in [6.45, 7) is 0. The highest BCUT2D eigenvalue weighted by molar-refractivity contribution is 7.14. The molecule has 1 aliphatic rings. The maximum Gasteiger partial charge on any atom is 0.203 e. The van der Waals surface area contributed by atoms with Crippen molar-refractivity contribution >= 4 is 39.6 Å². The van der Waals surface area contributed by atoms with E-state index in [1.165, 1.54) is 25.7 Å². The molecule has 9 nitrogen and oxygen atoms in total. The van der Waals surface area contributed by atoms with Crippen molar-refractivity contribution in [3.05, 3.63) is 35.5 Å². The number of anilines is 3. The number of nitrogens with two attached hydrogens (primary N) is 1. The van der Waals surface area contributed by atoms with Crippen molar-refractivity contribution < 1.29 is 14.2 Å². The highest BCUT2D eigenvalue weighted by Crippen LogP contribution is 2.41. The van der Waals surface area contributed by atoms with Gasteiger partial charge in [-0.05, 0) is 25.0 Å². The monoisotopic (exact) mass is 478 g/mol. The largest absolute Gasteiger partial charge is 0.493 e. The first-order valence-electron chi connectivity index (χ1n) is 11.1. The fourth-order valence-corrected chi connectivity index (χ4v) is 5.34. The van der Waals surface area contributed by atoms with Crippen LogP contribution in [0.2, 0.25) is 0 Å². The zero-order valence-corrected chi connectivity index (χ0v) is 20.1. The number of nitrogen functional groups attached to an aromatic ring is 1. The molecule has 0 amide bonds. The predicted octanol–water partition coefficient (Wildman–Crippen LogP) is 5.16. The van der Waals surface area contributed by atoms with Crippen LogP contribution < -0.4 is 25.3 Å². The van der Waals surface area contributed by atoms with Crippen molar-refractivity contribution in [2.75, 3.05) is 32.4 Å². The van der Waals surface area contributed by atoms with E-state index in [1.807, 2.05) is 24.3 Å². The summed E-state index contributed by atoms with van der Waals surface area (Å²) in [6.07, 6.45) is 6.63. The molecule has 1 aromatic carbocycles. The van der Waals surface area contributed by atoms with Gasteiger partial charge in [0, 0.05) is 23.7 Å². The lowest BCUT2D eigenvalue weighted by Gasteiger charge is -2.15. The summed E-state index contributed by atoms with van der Waals surface area (Å²) in [5.74, 6) is 2.57. The zero-order valence-electron chi connectivity index (χ0n) is 19.3. The molecule has 34 heavy (non-hydrogen) atoms. The van der Waals surface area contributed by atoms with Gasteiger partial charge < -0.3 is 25.3 Å². The van der Waals surface area contributed by atoms with Crippen molar-refractivity contribution in [2.45, 2.75) is 31.6 Å². The highest BCUT2D eigenvalue weighted by atomic mass is 32.1. The summed E-state index contributed by atoms with van der Waals surface area (Å²) in [5.41, 5.74) is 10.0. The molecule has 176 valence electrons. The lowest BCUT2D eigenvalue weighted by atomic mass is 10.1. The third-order valence-corrected chi connectivity index (χ3v) is 7.14. The van der Waals surface area contributed by atoms with Gasteiger partial charge in [-0.15, -0.1) is 10.2 Å². The summed E-state index contributed by atoms with van der Waals surface area (Å²) >= 11 is 1.60. The van der Waals surface area contributed by atoms with E-state index in [-0.39, 0.29) is 0 Å². The van der Waals surface area contributed by atoms with Gasteiger partial charge in [-0.2, -0.15) is 0 Å². The molecule has 0 atom stereocenters. The van der Waals surface area contributed by atoms with Crippen LogP contribution in [0.15, 0.2) is 30.5 Å². The van der Waals surface area contributed by atoms with Gasteiger partial charge in [0.15, 0.2) is 16.5 Å². The Morgan fingerprint density at radius 3 is 2.32 bits per heavy atom. The van der Waals surface area contributed by atoms with Crippen molar-refractivity contribution in [2.24, 2.45) is 0 Å². The molecule has 5 rings (SSSR count). The molecule has 0 radical (unpaired) electrons. The fourth-order valence-electron chi connectivity index (χ4n) is 4.31. The molecule has 3 N–H and O–H groups in total. The van der Waals surface area contributed by atoms with Gasteiger partial charge in [-0.1, -0.05) is 24.2 Å². The normalized spacial score (nSPS) is 13.9. The predicted molar refractivity (Wildman–Crippen MR) is 133 cm³/mol. The average molecular weight is 479 g/mol. The van der Waals surface area contributed by atoms with Crippen LogP contribution in [0.5, 0.6) is 17.2 Å². The van der Waals surface area contributed by atoms with E-state index in [9.17, 15) is 0 Å². The number of aromatic nitrogens is 4. The summed E-state index contributed by atoms with van der Waals surface area (Å²) < 4.78 is 16.3. The molecule has 0 unspecified atom stereocenters. The molecule has 0 aliphatic heterocycles. The molecule has 0 bridgehead atoms. The Morgan fingerprint density at radius 1 is 0.912 bits per heavy atom. The van der Waals surface area contributed by atoms with E-state index < -0.39 is 0 Å². The fraction of sp³-hybridized carbons (Fsp3) is 0.333. The third kappa shape index (κ3) is 4.16. The minimum absolute atomic E-state index is 0.411. The van der Waals surface area contributed by atoms with Gasteiger partial charge in [0.25, 0.3) is 0 Å². The zero-order chi connectivity index (χ0) is 23.7. The van der Waals surface area contributed by atoms with E-state index in [0.29, 0.717) is 34.5 Å². The van der Waals surface area contributed by atoms with E-state index in [1.54, 1.807) is 38.9 Å². The van der Waals surface area contributed by atoms with Gasteiger partial charge in [-0.25, -0.2) is 4.98 Å². The van der Waals surface area contributed by atoms with Crippen LogP contribution in [0, 0.1) is 0 Å². The molecular formula is C24H26N6O3S. The van der Waals surface area contributed by atoms with Crippen LogP contribution >= 0.6 is 11.3 Å². The van der Waals surface area contributed by atoms with Crippen molar-refractivity contribution in [1.82, 2.24) is 20.2 Å². The van der Waals surface area contributed by atoms with Crippen LogP contribution in [0.1, 0.15) is 36.6 Å². The van der Waals surface area contributed by atoms with E-state index in [2.05, 4.69) is 25.5 Å². The smallest absolute Gasteiger partial charge is 0.203 e. The van der Waals surface area contributed by atoms with Gasteiger partial charge in [0.05, 0.1) is 49.8 Å². The van der Waals surface area contributed by atoms with Crippen molar-refractivity contribution in [3.63, 3.8) is 0 Å². The third-order valence-electron chi connectivity index (χ3n) is 6.02. The number of hydrogen-bond donors (Lipinski definition) is 2. The second-order valence-corrected chi connectivity index (χ2v) is 9.16. The number of fused-ring (bicyclic) bond motifs is 1. The van der Waals surface area contributed by atoms with Crippen LogP contribution in [-0.2, 0) is 0 Å². The summed E-state index contributed by atoms with van der Waals surface area (Å²) in [7, 11) is 4.73.